The van der Waals surface area contributed by atoms with Crippen LogP contribution in [0, 0.1) is 0 Å². The number of ether oxygens (including phenoxy) is 3. The first kappa shape index (κ1) is 21.5. The molecule has 8 heteroatoms. The molecule has 2 fully saturated rings. The maximum atomic E-state index is 5.72. The first-order valence-electron chi connectivity index (χ1n) is 10.4. The van der Waals surface area contributed by atoms with Crippen molar-refractivity contribution in [2.24, 2.45) is 4.99 Å². The zero-order valence-electron chi connectivity index (χ0n) is 16.9. The maximum absolute atomic E-state index is 5.72. The number of thiophene rings is 1. The number of nitrogens with one attached hydrogen (secondary N) is 2. The number of aliphatic imine (C=N–C) groups is 1. The van der Waals surface area contributed by atoms with Gasteiger partial charge in [0.25, 0.3) is 0 Å². The molecule has 0 spiro atoms. The second kappa shape index (κ2) is 12.4. The summed E-state index contributed by atoms with van der Waals surface area (Å²) in [5.41, 5.74) is 0. The van der Waals surface area contributed by atoms with E-state index >= 15 is 0 Å². The van der Waals surface area contributed by atoms with Crippen LogP contribution in [0.1, 0.15) is 30.2 Å². The van der Waals surface area contributed by atoms with Crippen LogP contribution in [0.25, 0.3) is 0 Å². The van der Waals surface area contributed by atoms with Gasteiger partial charge in [-0.05, 0) is 30.7 Å². The Morgan fingerprint density at radius 3 is 2.96 bits per heavy atom. The third kappa shape index (κ3) is 7.00. The summed E-state index contributed by atoms with van der Waals surface area (Å²) in [7, 11) is 1.82. The minimum atomic E-state index is 0.303. The summed E-state index contributed by atoms with van der Waals surface area (Å²) in [5.74, 6) is 0.842. The van der Waals surface area contributed by atoms with Crippen molar-refractivity contribution in [2.75, 3.05) is 66.3 Å². The monoisotopic (exact) mass is 410 g/mol. The largest absolute Gasteiger partial charge is 0.379 e. The fourth-order valence-corrected chi connectivity index (χ4v) is 4.43. The molecule has 2 N–H and O–H groups in total. The zero-order chi connectivity index (χ0) is 19.4. The zero-order valence-corrected chi connectivity index (χ0v) is 17.7. The van der Waals surface area contributed by atoms with E-state index in [1.807, 2.05) is 18.4 Å². The minimum Gasteiger partial charge on any atom is -0.379 e. The van der Waals surface area contributed by atoms with Gasteiger partial charge in [0.05, 0.1) is 32.0 Å². The molecule has 0 radical (unpaired) electrons. The highest BCUT2D eigenvalue weighted by molar-refractivity contribution is 7.10. The molecule has 0 bridgehead atoms. The van der Waals surface area contributed by atoms with Gasteiger partial charge < -0.3 is 24.8 Å². The first-order valence-corrected chi connectivity index (χ1v) is 11.2. The van der Waals surface area contributed by atoms with Crippen molar-refractivity contribution >= 4 is 17.3 Å². The molecule has 2 unspecified atom stereocenters. The van der Waals surface area contributed by atoms with Crippen molar-refractivity contribution in [3.8, 4) is 0 Å². The van der Waals surface area contributed by atoms with Crippen LogP contribution >= 0.6 is 11.3 Å². The van der Waals surface area contributed by atoms with Crippen molar-refractivity contribution < 1.29 is 14.2 Å². The minimum absolute atomic E-state index is 0.303. The van der Waals surface area contributed by atoms with Gasteiger partial charge in [-0.15, -0.1) is 11.3 Å². The van der Waals surface area contributed by atoms with E-state index in [9.17, 15) is 0 Å². The summed E-state index contributed by atoms with van der Waals surface area (Å²) in [4.78, 5) is 8.24. The molecule has 2 aliphatic heterocycles. The Kier molecular flexibility index (Phi) is 9.52. The second-order valence-corrected chi connectivity index (χ2v) is 8.10. The topological polar surface area (TPSA) is 67.4 Å². The van der Waals surface area contributed by atoms with E-state index in [0.29, 0.717) is 12.1 Å². The lowest BCUT2D eigenvalue weighted by molar-refractivity contribution is 0.0167. The summed E-state index contributed by atoms with van der Waals surface area (Å²) in [6, 6.07) is 4.68. The standard InChI is InChI=1S/C20H34N4O3S/c1-21-20(22-7-4-10-26-16-17-5-2-11-27-17)23-15-18(19-6-3-14-28-19)24-8-12-25-13-9-24/h3,6,14,17-18H,2,4-5,7-13,15-16H2,1H3,(H2,21,22,23). The lowest BCUT2D eigenvalue weighted by Crippen LogP contribution is -2.46. The number of hydrogen-bond donors (Lipinski definition) is 2. The Morgan fingerprint density at radius 1 is 1.36 bits per heavy atom. The maximum Gasteiger partial charge on any atom is 0.191 e. The molecule has 28 heavy (non-hydrogen) atoms. The van der Waals surface area contributed by atoms with Gasteiger partial charge in [-0.3, -0.25) is 9.89 Å². The number of hydrogen-bond acceptors (Lipinski definition) is 6. The van der Waals surface area contributed by atoms with Gasteiger partial charge in [-0.1, -0.05) is 6.07 Å². The normalized spacial score (nSPS) is 22.3. The fourth-order valence-electron chi connectivity index (χ4n) is 3.57. The van der Waals surface area contributed by atoms with Crippen molar-refractivity contribution in [3.63, 3.8) is 0 Å². The highest BCUT2D eigenvalue weighted by Crippen LogP contribution is 2.25. The lowest BCUT2D eigenvalue weighted by Gasteiger charge is -2.34. The Morgan fingerprint density at radius 2 is 2.25 bits per heavy atom. The molecule has 0 aliphatic carbocycles. The van der Waals surface area contributed by atoms with Gasteiger partial charge in [0.15, 0.2) is 5.96 Å². The van der Waals surface area contributed by atoms with Crippen molar-refractivity contribution in [1.29, 1.82) is 0 Å². The molecule has 2 atom stereocenters. The molecule has 3 heterocycles. The van der Waals surface area contributed by atoms with Crippen LogP contribution in [0.4, 0.5) is 0 Å². The Balaban J connectivity index is 1.35. The molecule has 0 amide bonds. The Labute approximate surface area is 172 Å². The van der Waals surface area contributed by atoms with E-state index in [-0.39, 0.29) is 0 Å². The van der Waals surface area contributed by atoms with Gasteiger partial charge in [-0.2, -0.15) is 0 Å². The summed E-state index contributed by atoms with van der Waals surface area (Å²) in [6.07, 6.45) is 3.54. The van der Waals surface area contributed by atoms with Crippen molar-refractivity contribution in [2.45, 2.75) is 31.4 Å². The summed E-state index contributed by atoms with van der Waals surface area (Å²) in [5, 5.41) is 9.03. The average Bonchev–Trinajstić information content (AvgIpc) is 3.44. The predicted octanol–water partition coefficient (Wildman–Crippen LogP) is 1.87. The molecule has 7 nitrogen and oxygen atoms in total. The van der Waals surface area contributed by atoms with E-state index in [1.165, 1.54) is 4.88 Å². The molecular weight excluding hydrogens is 376 g/mol. The van der Waals surface area contributed by atoms with Crippen molar-refractivity contribution in [3.05, 3.63) is 22.4 Å². The Bertz CT molecular complexity index is 558. The van der Waals surface area contributed by atoms with E-state index in [1.54, 1.807) is 0 Å². The summed E-state index contributed by atoms with van der Waals surface area (Å²) < 4.78 is 16.8. The van der Waals surface area contributed by atoms with E-state index in [2.05, 4.69) is 38.0 Å². The number of guanidine groups is 1. The van der Waals surface area contributed by atoms with Crippen LogP contribution in [-0.2, 0) is 14.2 Å². The van der Waals surface area contributed by atoms with Crippen LogP contribution in [0.3, 0.4) is 0 Å². The average molecular weight is 411 g/mol. The highest BCUT2D eigenvalue weighted by atomic mass is 32.1. The van der Waals surface area contributed by atoms with Gasteiger partial charge in [0.2, 0.25) is 0 Å². The van der Waals surface area contributed by atoms with Gasteiger partial charge in [-0.25, -0.2) is 0 Å². The molecule has 0 aromatic carbocycles. The van der Waals surface area contributed by atoms with Gasteiger partial charge in [0.1, 0.15) is 0 Å². The molecule has 2 saturated heterocycles. The summed E-state index contributed by atoms with van der Waals surface area (Å²) in [6.45, 7) is 7.57. The van der Waals surface area contributed by atoms with Crippen LogP contribution in [-0.4, -0.2) is 83.2 Å². The molecule has 158 valence electrons. The molecule has 1 aromatic heterocycles. The van der Waals surface area contributed by atoms with Crippen molar-refractivity contribution in [1.82, 2.24) is 15.5 Å². The van der Waals surface area contributed by atoms with E-state index in [4.69, 9.17) is 14.2 Å². The molecule has 3 rings (SSSR count). The quantitative estimate of drug-likeness (QED) is 0.349. The number of morpholine rings is 1. The van der Waals surface area contributed by atoms with Crippen LogP contribution < -0.4 is 10.6 Å². The molecule has 2 aliphatic rings. The number of nitrogens with zero attached hydrogens (tertiary/aromatic N) is 2. The molecule has 0 saturated carbocycles. The van der Waals surface area contributed by atoms with Gasteiger partial charge >= 0.3 is 0 Å². The van der Waals surface area contributed by atoms with Crippen LogP contribution in [0.2, 0.25) is 0 Å². The molecule has 1 aromatic rings. The van der Waals surface area contributed by atoms with Gasteiger partial charge in [0, 0.05) is 51.3 Å². The third-order valence-corrected chi connectivity index (χ3v) is 6.10. The molecular formula is C20H34N4O3S. The Hall–Kier alpha value is -1.19. The van der Waals surface area contributed by atoms with E-state index in [0.717, 1.165) is 84.4 Å². The van der Waals surface area contributed by atoms with Crippen LogP contribution in [0.15, 0.2) is 22.5 Å². The van der Waals surface area contributed by atoms with E-state index < -0.39 is 0 Å². The highest BCUT2D eigenvalue weighted by Gasteiger charge is 2.23. The summed E-state index contributed by atoms with van der Waals surface area (Å²) >= 11 is 1.81. The first-order chi connectivity index (χ1) is 13.9. The third-order valence-electron chi connectivity index (χ3n) is 5.13. The predicted molar refractivity (Wildman–Crippen MR) is 113 cm³/mol. The SMILES string of the molecule is CN=C(NCCCOCC1CCCO1)NCC(c1cccs1)N1CCOCC1. The lowest BCUT2D eigenvalue weighted by atomic mass is 10.2. The fraction of sp³-hybridized carbons (Fsp3) is 0.750. The number of rotatable bonds is 10. The second-order valence-electron chi connectivity index (χ2n) is 7.12. The smallest absolute Gasteiger partial charge is 0.191 e. The van der Waals surface area contributed by atoms with Crippen LogP contribution in [0.5, 0.6) is 0 Å².